The maximum atomic E-state index is 12.7. The largest absolute Gasteiger partial charge is 0.462 e. The fourth-order valence-electron chi connectivity index (χ4n) is 5.92. The molecule has 0 N–H and O–H groups in total. The van der Waals surface area contributed by atoms with Crippen molar-refractivity contribution in [1.29, 1.82) is 0 Å². The summed E-state index contributed by atoms with van der Waals surface area (Å²) in [6.07, 6.45) is 59.8. The lowest BCUT2D eigenvalue weighted by Crippen LogP contribution is -2.30. The zero-order chi connectivity index (χ0) is 42.3. The monoisotopic (exact) mass is 805 g/mol. The summed E-state index contributed by atoms with van der Waals surface area (Å²) >= 11 is 0. The number of carbonyl (C=O) groups is 3. The lowest BCUT2D eigenvalue weighted by atomic mass is 10.1. The first-order valence-corrected chi connectivity index (χ1v) is 23.2. The van der Waals surface area contributed by atoms with E-state index in [0.717, 1.165) is 109 Å². The van der Waals surface area contributed by atoms with E-state index in [-0.39, 0.29) is 37.5 Å². The van der Waals surface area contributed by atoms with Crippen molar-refractivity contribution < 1.29 is 28.6 Å². The molecule has 0 spiro atoms. The molecule has 0 rings (SSSR count). The minimum atomic E-state index is -0.812. The van der Waals surface area contributed by atoms with Crippen molar-refractivity contribution in [2.24, 2.45) is 0 Å². The Kier molecular flexibility index (Phi) is 43.1. The van der Waals surface area contributed by atoms with Gasteiger partial charge >= 0.3 is 17.9 Å². The summed E-state index contributed by atoms with van der Waals surface area (Å²) < 4.78 is 16.6. The van der Waals surface area contributed by atoms with Crippen LogP contribution in [0.4, 0.5) is 0 Å². The first kappa shape index (κ1) is 54.3. The number of hydrogen-bond acceptors (Lipinski definition) is 6. The highest BCUT2D eigenvalue weighted by Gasteiger charge is 2.19. The molecule has 0 saturated heterocycles. The molecule has 0 aliphatic rings. The van der Waals surface area contributed by atoms with Gasteiger partial charge in [-0.2, -0.15) is 0 Å². The summed E-state index contributed by atoms with van der Waals surface area (Å²) in [7, 11) is 0. The number of rotatable bonds is 40. The molecule has 6 heteroatoms. The van der Waals surface area contributed by atoms with Gasteiger partial charge in [-0.1, -0.05) is 189 Å². The van der Waals surface area contributed by atoms with Crippen LogP contribution >= 0.6 is 0 Å². The molecule has 0 aliphatic heterocycles. The third kappa shape index (κ3) is 43.5. The molecule has 328 valence electrons. The van der Waals surface area contributed by atoms with Gasteiger partial charge in [0, 0.05) is 19.3 Å². The van der Waals surface area contributed by atoms with E-state index >= 15 is 0 Å². The third-order valence-electron chi connectivity index (χ3n) is 9.35. The summed E-state index contributed by atoms with van der Waals surface area (Å²) in [5.74, 6) is -1.02. The van der Waals surface area contributed by atoms with Gasteiger partial charge in [-0.15, -0.1) is 0 Å². The van der Waals surface area contributed by atoms with Crippen LogP contribution in [-0.4, -0.2) is 37.2 Å². The van der Waals surface area contributed by atoms with E-state index in [4.69, 9.17) is 14.2 Å². The van der Waals surface area contributed by atoms with Crippen LogP contribution in [0.3, 0.4) is 0 Å². The number of ether oxygens (including phenoxy) is 3. The zero-order valence-corrected chi connectivity index (χ0v) is 37.3. The van der Waals surface area contributed by atoms with Crippen molar-refractivity contribution in [3.05, 3.63) is 97.2 Å². The molecule has 0 saturated carbocycles. The molecule has 0 aliphatic carbocycles. The van der Waals surface area contributed by atoms with Crippen molar-refractivity contribution in [1.82, 2.24) is 0 Å². The second kappa shape index (κ2) is 46.0. The van der Waals surface area contributed by atoms with Crippen LogP contribution in [-0.2, 0) is 28.6 Å². The fraction of sp³-hybridized carbons (Fsp3) is 0.635. The van der Waals surface area contributed by atoms with Crippen LogP contribution < -0.4 is 0 Å². The molecule has 0 aromatic heterocycles. The average Bonchev–Trinajstić information content (AvgIpc) is 3.22. The van der Waals surface area contributed by atoms with Crippen LogP contribution in [0.2, 0.25) is 0 Å². The normalized spacial score (nSPS) is 12.9. The minimum Gasteiger partial charge on any atom is -0.462 e. The fourth-order valence-corrected chi connectivity index (χ4v) is 5.92. The average molecular weight is 805 g/mol. The van der Waals surface area contributed by atoms with Crippen LogP contribution in [0.25, 0.3) is 0 Å². The number of hydrogen-bond donors (Lipinski definition) is 0. The summed E-state index contributed by atoms with van der Waals surface area (Å²) in [5, 5.41) is 0. The van der Waals surface area contributed by atoms with E-state index in [9.17, 15) is 14.4 Å². The lowest BCUT2D eigenvalue weighted by Gasteiger charge is -2.18. The quantitative estimate of drug-likeness (QED) is 0.0266. The van der Waals surface area contributed by atoms with Gasteiger partial charge in [-0.3, -0.25) is 14.4 Å². The van der Waals surface area contributed by atoms with Crippen molar-refractivity contribution in [3.8, 4) is 0 Å². The highest BCUT2D eigenvalue weighted by Crippen LogP contribution is 2.13. The highest BCUT2D eigenvalue weighted by molar-refractivity contribution is 5.71. The SMILES string of the molecule is CC/C=C\C/C=C\C/C=C\C/C=C\C/C=C\C/C=C\CCC(=O)OCC(COC(=O)CCCCCCCCCCC)OC(=O)CCCCCCC/C=C\C/C=C\CC. The molecule has 0 bridgehead atoms. The van der Waals surface area contributed by atoms with Gasteiger partial charge in [-0.25, -0.2) is 0 Å². The van der Waals surface area contributed by atoms with Crippen LogP contribution in [0, 0.1) is 0 Å². The van der Waals surface area contributed by atoms with Gasteiger partial charge < -0.3 is 14.2 Å². The van der Waals surface area contributed by atoms with Gasteiger partial charge in [0.15, 0.2) is 6.10 Å². The lowest BCUT2D eigenvalue weighted by molar-refractivity contribution is -0.166. The first-order valence-electron chi connectivity index (χ1n) is 23.2. The van der Waals surface area contributed by atoms with Gasteiger partial charge in [0.25, 0.3) is 0 Å². The number of unbranched alkanes of at least 4 members (excludes halogenated alkanes) is 13. The Bertz CT molecular complexity index is 1200. The molecule has 0 heterocycles. The minimum absolute atomic E-state index is 0.107. The van der Waals surface area contributed by atoms with E-state index < -0.39 is 6.10 Å². The van der Waals surface area contributed by atoms with E-state index in [2.05, 4.69) is 106 Å². The van der Waals surface area contributed by atoms with Crippen molar-refractivity contribution in [2.75, 3.05) is 13.2 Å². The first-order chi connectivity index (χ1) is 28.5. The number of carbonyl (C=O) groups excluding carboxylic acids is 3. The Morgan fingerprint density at radius 3 is 1.16 bits per heavy atom. The second-order valence-corrected chi connectivity index (χ2v) is 14.9. The highest BCUT2D eigenvalue weighted by atomic mass is 16.6. The number of esters is 3. The van der Waals surface area contributed by atoms with Gasteiger partial charge in [0.1, 0.15) is 13.2 Å². The standard InChI is InChI=1S/C52H84O6/c1-4-7-10-13-16-19-21-23-24-25-26-27-28-29-31-33-36-39-42-45-51(54)57-48-49(47-56-50(53)44-41-38-35-32-18-15-12-9-6-3)58-52(55)46-43-40-37-34-30-22-20-17-14-11-8-5-2/h7-8,10-11,16-17,19-20,23-24,26-27,29,31,36,39,49H,4-6,9,12-15,18,21-22,25,28,30,32-35,37-38,40-48H2,1-3H3/b10-7-,11-8-,19-16-,20-17-,24-23-,27-26-,31-29-,39-36-. The molecule has 58 heavy (non-hydrogen) atoms. The molecule has 0 amide bonds. The molecular formula is C52H84O6. The molecule has 1 atom stereocenters. The molecule has 0 fully saturated rings. The Labute approximate surface area is 356 Å². The molecule has 0 aromatic carbocycles. The zero-order valence-electron chi connectivity index (χ0n) is 37.3. The summed E-state index contributed by atoms with van der Waals surface area (Å²) in [6.45, 7) is 6.29. The molecule has 0 aromatic rings. The van der Waals surface area contributed by atoms with E-state index in [1.165, 1.54) is 38.5 Å². The summed E-state index contributed by atoms with van der Waals surface area (Å²) in [5.41, 5.74) is 0. The predicted molar refractivity (Wildman–Crippen MR) is 247 cm³/mol. The van der Waals surface area contributed by atoms with Gasteiger partial charge in [-0.05, 0) is 83.5 Å². The predicted octanol–water partition coefficient (Wildman–Crippen LogP) is 15.0. The van der Waals surface area contributed by atoms with Crippen molar-refractivity contribution in [2.45, 2.75) is 200 Å². The van der Waals surface area contributed by atoms with Gasteiger partial charge in [0.2, 0.25) is 0 Å². The Morgan fingerprint density at radius 2 is 0.707 bits per heavy atom. The third-order valence-corrected chi connectivity index (χ3v) is 9.35. The van der Waals surface area contributed by atoms with Crippen LogP contribution in [0.15, 0.2) is 97.2 Å². The maximum Gasteiger partial charge on any atom is 0.306 e. The molecule has 6 nitrogen and oxygen atoms in total. The molecular weight excluding hydrogens is 721 g/mol. The van der Waals surface area contributed by atoms with Crippen LogP contribution in [0.1, 0.15) is 194 Å². The second-order valence-electron chi connectivity index (χ2n) is 14.9. The Balaban J connectivity index is 4.49. The summed E-state index contributed by atoms with van der Waals surface area (Å²) in [4.78, 5) is 37.7. The maximum absolute atomic E-state index is 12.7. The smallest absolute Gasteiger partial charge is 0.306 e. The Hall–Kier alpha value is -3.67. The van der Waals surface area contributed by atoms with Crippen LogP contribution in [0.5, 0.6) is 0 Å². The van der Waals surface area contributed by atoms with Crippen molar-refractivity contribution >= 4 is 17.9 Å². The number of allylic oxidation sites excluding steroid dienone is 16. The topological polar surface area (TPSA) is 78.9 Å². The summed E-state index contributed by atoms with van der Waals surface area (Å²) in [6, 6.07) is 0. The Morgan fingerprint density at radius 1 is 0.362 bits per heavy atom. The van der Waals surface area contributed by atoms with Crippen molar-refractivity contribution in [3.63, 3.8) is 0 Å². The van der Waals surface area contributed by atoms with Gasteiger partial charge in [0.05, 0.1) is 0 Å². The molecule has 1 unspecified atom stereocenters. The molecule has 0 radical (unpaired) electrons. The van der Waals surface area contributed by atoms with E-state index in [0.29, 0.717) is 19.3 Å². The van der Waals surface area contributed by atoms with E-state index in [1.54, 1.807) is 0 Å². The van der Waals surface area contributed by atoms with E-state index in [1.807, 2.05) is 12.2 Å².